The number of hydrogen-bond acceptors (Lipinski definition) is 3. The first-order valence-corrected chi connectivity index (χ1v) is 7.19. The Morgan fingerprint density at radius 3 is 2.50 bits per heavy atom. The van der Waals surface area contributed by atoms with E-state index in [1.807, 2.05) is 18.7 Å². The Morgan fingerprint density at radius 1 is 1.33 bits per heavy atom. The summed E-state index contributed by atoms with van der Waals surface area (Å²) in [6.45, 7) is 11.8. The van der Waals surface area contributed by atoms with Crippen LogP contribution in [0.1, 0.15) is 47.5 Å². The van der Waals surface area contributed by atoms with Crippen LogP contribution in [0.2, 0.25) is 0 Å². The van der Waals surface area contributed by atoms with E-state index in [1.54, 1.807) is 0 Å². The smallest absolute Gasteiger partial charge is 0.241 e. The third-order valence-electron chi connectivity index (χ3n) is 3.40. The number of ether oxygens (including phenoxy) is 1. The molecule has 0 spiro atoms. The van der Waals surface area contributed by atoms with Gasteiger partial charge in [0.1, 0.15) is 0 Å². The second-order valence-corrected chi connectivity index (χ2v) is 5.45. The van der Waals surface area contributed by atoms with Crippen molar-refractivity contribution in [3.05, 3.63) is 0 Å². The zero-order valence-corrected chi connectivity index (χ0v) is 12.4. The van der Waals surface area contributed by atoms with E-state index < -0.39 is 0 Å². The van der Waals surface area contributed by atoms with Gasteiger partial charge in [-0.3, -0.25) is 10.1 Å². The maximum atomic E-state index is 12.4. The van der Waals surface area contributed by atoms with Gasteiger partial charge in [0.15, 0.2) is 0 Å². The van der Waals surface area contributed by atoms with Gasteiger partial charge in [-0.2, -0.15) is 0 Å². The molecule has 4 heteroatoms. The number of amides is 1. The van der Waals surface area contributed by atoms with E-state index in [2.05, 4.69) is 26.1 Å². The molecule has 1 amide bonds. The number of nitrogens with one attached hydrogen (secondary N) is 1. The van der Waals surface area contributed by atoms with E-state index in [4.69, 9.17) is 4.74 Å². The lowest BCUT2D eigenvalue weighted by Crippen LogP contribution is -2.44. The lowest BCUT2D eigenvalue weighted by Gasteiger charge is -2.29. The van der Waals surface area contributed by atoms with Crippen molar-refractivity contribution in [2.75, 3.05) is 13.2 Å². The van der Waals surface area contributed by atoms with Crippen LogP contribution in [-0.4, -0.2) is 42.3 Å². The monoisotopic (exact) mass is 256 g/mol. The molecule has 0 aromatic heterocycles. The lowest BCUT2D eigenvalue weighted by atomic mass is 10.1. The van der Waals surface area contributed by atoms with Crippen LogP contribution in [0.5, 0.6) is 0 Å². The Morgan fingerprint density at radius 2 is 2.00 bits per heavy atom. The first-order valence-electron chi connectivity index (χ1n) is 7.19. The normalized spacial score (nSPS) is 26.1. The first kappa shape index (κ1) is 15.4. The van der Waals surface area contributed by atoms with Crippen LogP contribution in [0.25, 0.3) is 0 Å². The van der Waals surface area contributed by atoms with Gasteiger partial charge >= 0.3 is 0 Å². The molecule has 4 nitrogen and oxygen atoms in total. The highest BCUT2D eigenvalue weighted by Crippen LogP contribution is 2.20. The molecule has 3 unspecified atom stereocenters. The number of carbonyl (C=O) groups is 1. The fraction of sp³-hybridized carbons (Fsp3) is 0.929. The van der Waals surface area contributed by atoms with E-state index in [9.17, 15) is 4.79 Å². The minimum atomic E-state index is -0.00349. The van der Waals surface area contributed by atoms with Gasteiger partial charge in [0.2, 0.25) is 5.91 Å². The number of hydrogen-bond donors (Lipinski definition) is 1. The van der Waals surface area contributed by atoms with Crippen molar-refractivity contribution in [3.63, 3.8) is 0 Å². The quantitative estimate of drug-likeness (QED) is 0.757. The molecule has 0 aromatic rings. The first-order chi connectivity index (χ1) is 8.51. The maximum Gasteiger partial charge on any atom is 0.241 e. The maximum absolute atomic E-state index is 12.4. The molecule has 1 heterocycles. The summed E-state index contributed by atoms with van der Waals surface area (Å²) in [6, 6.07) is -0.00349. The highest BCUT2D eigenvalue weighted by molar-refractivity contribution is 5.84. The Kier molecular flexibility index (Phi) is 6.09. The lowest BCUT2D eigenvalue weighted by molar-refractivity contribution is -0.132. The van der Waals surface area contributed by atoms with E-state index in [1.165, 1.54) is 0 Å². The molecule has 0 saturated carbocycles. The second kappa shape index (κ2) is 7.10. The Balaban J connectivity index is 2.68. The topological polar surface area (TPSA) is 41.6 Å². The minimum Gasteiger partial charge on any atom is -0.377 e. The standard InChI is InChI=1S/C14H28N2O2/c1-6-8-12-14(17)16(9-11(5)18-7-2)13(15-12)10(3)4/h10-13,15H,6-9H2,1-5H3. The fourth-order valence-corrected chi connectivity index (χ4v) is 2.57. The molecule has 1 rings (SSSR count). The van der Waals surface area contributed by atoms with Gasteiger partial charge in [0.05, 0.1) is 18.3 Å². The van der Waals surface area contributed by atoms with Gasteiger partial charge in [-0.05, 0) is 26.2 Å². The second-order valence-electron chi connectivity index (χ2n) is 5.45. The summed E-state index contributed by atoms with van der Waals surface area (Å²) < 4.78 is 5.55. The summed E-state index contributed by atoms with van der Waals surface area (Å²) in [5.74, 6) is 0.659. The number of nitrogens with zero attached hydrogens (tertiary/aromatic N) is 1. The summed E-state index contributed by atoms with van der Waals surface area (Å²) in [7, 11) is 0. The molecule has 0 radical (unpaired) electrons. The Hall–Kier alpha value is -0.610. The average molecular weight is 256 g/mol. The molecular formula is C14H28N2O2. The number of rotatable bonds is 7. The van der Waals surface area contributed by atoms with Gasteiger partial charge < -0.3 is 9.64 Å². The van der Waals surface area contributed by atoms with Crippen molar-refractivity contribution >= 4 is 5.91 Å². The third kappa shape index (κ3) is 3.69. The van der Waals surface area contributed by atoms with Crippen LogP contribution in [0.3, 0.4) is 0 Å². The fourth-order valence-electron chi connectivity index (χ4n) is 2.57. The van der Waals surface area contributed by atoms with E-state index in [-0.39, 0.29) is 24.2 Å². The molecule has 1 N–H and O–H groups in total. The summed E-state index contributed by atoms with van der Waals surface area (Å²) in [6.07, 6.45) is 2.20. The van der Waals surface area contributed by atoms with Crippen LogP contribution in [-0.2, 0) is 9.53 Å². The summed E-state index contributed by atoms with van der Waals surface area (Å²) >= 11 is 0. The van der Waals surface area contributed by atoms with Crippen molar-refractivity contribution in [1.82, 2.24) is 10.2 Å². The number of carbonyl (C=O) groups excluding carboxylic acids is 1. The molecule has 1 saturated heterocycles. The highest BCUT2D eigenvalue weighted by atomic mass is 16.5. The molecule has 0 aromatic carbocycles. The predicted octanol–water partition coefficient (Wildman–Crippen LogP) is 1.99. The summed E-state index contributed by atoms with van der Waals surface area (Å²) in [4.78, 5) is 14.3. The predicted molar refractivity (Wildman–Crippen MR) is 73.3 cm³/mol. The van der Waals surface area contributed by atoms with Crippen molar-refractivity contribution in [2.45, 2.75) is 65.8 Å². The van der Waals surface area contributed by atoms with Crippen molar-refractivity contribution in [2.24, 2.45) is 5.92 Å². The van der Waals surface area contributed by atoms with Crippen LogP contribution in [0.15, 0.2) is 0 Å². The molecule has 106 valence electrons. The van der Waals surface area contributed by atoms with Crippen molar-refractivity contribution in [3.8, 4) is 0 Å². The van der Waals surface area contributed by atoms with Crippen LogP contribution >= 0.6 is 0 Å². The minimum absolute atomic E-state index is 0.00349. The molecule has 3 atom stereocenters. The van der Waals surface area contributed by atoms with Gasteiger partial charge in [-0.25, -0.2) is 0 Å². The highest BCUT2D eigenvalue weighted by Gasteiger charge is 2.39. The molecular weight excluding hydrogens is 228 g/mol. The molecule has 1 aliphatic rings. The zero-order chi connectivity index (χ0) is 13.7. The van der Waals surface area contributed by atoms with E-state index in [0.717, 1.165) is 12.8 Å². The molecule has 0 aliphatic carbocycles. The largest absolute Gasteiger partial charge is 0.377 e. The molecule has 1 aliphatic heterocycles. The van der Waals surface area contributed by atoms with Crippen molar-refractivity contribution < 1.29 is 9.53 Å². The molecule has 18 heavy (non-hydrogen) atoms. The van der Waals surface area contributed by atoms with Crippen LogP contribution < -0.4 is 5.32 Å². The Bertz CT molecular complexity index is 269. The summed E-state index contributed by atoms with van der Waals surface area (Å²) in [5, 5.41) is 3.46. The van der Waals surface area contributed by atoms with Gasteiger partial charge in [-0.1, -0.05) is 27.2 Å². The van der Waals surface area contributed by atoms with E-state index in [0.29, 0.717) is 19.1 Å². The Labute approximate surface area is 111 Å². The van der Waals surface area contributed by atoms with Gasteiger partial charge in [-0.15, -0.1) is 0 Å². The third-order valence-corrected chi connectivity index (χ3v) is 3.40. The van der Waals surface area contributed by atoms with Gasteiger partial charge in [0.25, 0.3) is 0 Å². The average Bonchev–Trinajstić information content (AvgIpc) is 2.59. The van der Waals surface area contributed by atoms with E-state index >= 15 is 0 Å². The molecule has 0 bridgehead atoms. The van der Waals surface area contributed by atoms with Crippen LogP contribution in [0.4, 0.5) is 0 Å². The van der Waals surface area contributed by atoms with Crippen LogP contribution in [0, 0.1) is 5.92 Å². The SMILES string of the molecule is CCCC1NC(C(C)C)N(CC(C)OCC)C1=O. The summed E-state index contributed by atoms with van der Waals surface area (Å²) in [5.41, 5.74) is 0. The van der Waals surface area contributed by atoms with Gasteiger partial charge in [0, 0.05) is 13.2 Å². The molecule has 1 fully saturated rings. The van der Waals surface area contributed by atoms with Crippen molar-refractivity contribution in [1.29, 1.82) is 0 Å². The zero-order valence-electron chi connectivity index (χ0n) is 12.4.